The zero-order chi connectivity index (χ0) is 8.81. The molecule has 0 saturated heterocycles. The maximum atomic E-state index is 8.45. The minimum absolute atomic E-state index is 0.765. The molecule has 68 valence electrons. The van der Waals surface area contributed by atoms with Crippen LogP contribution in [0.15, 0.2) is 0 Å². The molecule has 1 heteroatoms. The van der Waals surface area contributed by atoms with E-state index in [1.165, 1.54) is 32.1 Å². The largest absolute Gasteiger partial charge is 0.198 e. The zero-order valence-electron chi connectivity index (χ0n) is 8.05. The molecule has 0 aromatic carbocycles. The Labute approximate surface area is 75.8 Å². The lowest BCUT2D eigenvalue weighted by Crippen LogP contribution is -2.13. The number of nitriles is 1. The number of nitrogens with zero attached hydrogens (tertiary/aromatic N) is 1. The lowest BCUT2D eigenvalue weighted by atomic mass is 9.79. The van der Waals surface area contributed by atoms with Gasteiger partial charge < -0.3 is 0 Å². The van der Waals surface area contributed by atoms with Crippen LogP contribution < -0.4 is 0 Å². The molecule has 0 aromatic heterocycles. The Bertz CT molecular complexity index is 149. The Morgan fingerprint density at radius 2 is 1.75 bits per heavy atom. The first-order valence-corrected chi connectivity index (χ1v) is 5.23. The molecule has 0 spiro atoms. The van der Waals surface area contributed by atoms with E-state index in [9.17, 15) is 0 Å². The summed E-state index contributed by atoms with van der Waals surface area (Å²) >= 11 is 0. The molecule has 1 aliphatic carbocycles. The van der Waals surface area contributed by atoms with Crippen molar-refractivity contribution in [1.29, 1.82) is 5.26 Å². The lowest BCUT2D eigenvalue weighted by molar-refractivity contribution is 0.260. The van der Waals surface area contributed by atoms with Gasteiger partial charge in [-0.15, -0.1) is 0 Å². The number of hydrogen-bond acceptors (Lipinski definition) is 1. The molecule has 1 saturated carbocycles. The molecule has 0 atom stereocenters. The molecule has 1 rings (SSSR count). The van der Waals surface area contributed by atoms with Gasteiger partial charge in [0, 0.05) is 6.42 Å². The highest BCUT2D eigenvalue weighted by atomic mass is 14.3. The molecule has 0 heterocycles. The quantitative estimate of drug-likeness (QED) is 0.627. The van der Waals surface area contributed by atoms with E-state index in [-0.39, 0.29) is 0 Å². The van der Waals surface area contributed by atoms with Crippen molar-refractivity contribution < 1.29 is 0 Å². The minimum atomic E-state index is 0.765. The average molecular weight is 165 g/mol. The summed E-state index contributed by atoms with van der Waals surface area (Å²) in [5.74, 6) is 1.86. The second-order valence-corrected chi connectivity index (χ2v) is 3.99. The maximum absolute atomic E-state index is 8.45. The summed E-state index contributed by atoms with van der Waals surface area (Å²) in [4.78, 5) is 0. The van der Waals surface area contributed by atoms with Crippen LogP contribution in [0.1, 0.15) is 51.9 Å². The SMILES string of the molecule is CCC1CCC(CCC#N)CC1. The van der Waals surface area contributed by atoms with Crippen LogP contribution in [-0.2, 0) is 0 Å². The molecule has 1 nitrogen and oxygen atoms in total. The fraction of sp³-hybridized carbons (Fsp3) is 0.909. The molecular formula is C11H19N. The summed E-state index contributed by atoms with van der Waals surface area (Å²) in [7, 11) is 0. The van der Waals surface area contributed by atoms with Crippen LogP contribution in [0.25, 0.3) is 0 Å². The predicted molar refractivity (Wildman–Crippen MR) is 50.6 cm³/mol. The van der Waals surface area contributed by atoms with Gasteiger partial charge >= 0.3 is 0 Å². The molecule has 0 unspecified atom stereocenters. The third-order valence-electron chi connectivity index (χ3n) is 3.21. The summed E-state index contributed by atoms with van der Waals surface area (Å²) in [6, 6.07) is 2.24. The van der Waals surface area contributed by atoms with E-state index in [1.54, 1.807) is 0 Å². The first kappa shape index (κ1) is 9.58. The maximum Gasteiger partial charge on any atom is 0.0621 e. The zero-order valence-corrected chi connectivity index (χ0v) is 8.05. The molecule has 0 N–H and O–H groups in total. The highest BCUT2D eigenvalue weighted by Gasteiger charge is 2.19. The van der Waals surface area contributed by atoms with Crippen molar-refractivity contribution in [1.82, 2.24) is 0 Å². The van der Waals surface area contributed by atoms with Crippen LogP contribution in [-0.4, -0.2) is 0 Å². The Balaban J connectivity index is 2.14. The Kier molecular flexibility index (Phi) is 4.14. The highest BCUT2D eigenvalue weighted by Crippen LogP contribution is 2.32. The summed E-state index contributed by atoms with van der Waals surface area (Å²) in [6.07, 6.45) is 8.83. The first-order chi connectivity index (χ1) is 5.86. The second kappa shape index (κ2) is 5.19. The topological polar surface area (TPSA) is 23.8 Å². The van der Waals surface area contributed by atoms with Crippen molar-refractivity contribution in [3.8, 4) is 6.07 Å². The summed E-state index contributed by atoms with van der Waals surface area (Å²) < 4.78 is 0. The Hall–Kier alpha value is -0.510. The van der Waals surface area contributed by atoms with E-state index in [1.807, 2.05) is 0 Å². The van der Waals surface area contributed by atoms with Gasteiger partial charge in [0.1, 0.15) is 0 Å². The smallest absolute Gasteiger partial charge is 0.0621 e. The van der Waals surface area contributed by atoms with Crippen LogP contribution in [0.4, 0.5) is 0 Å². The van der Waals surface area contributed by atoms with E-state index in [0.29, 0.717) is 0 Å². The fourth-order valence-electron chi connectivity index (χ4n) is 2.20. The molecule has 0 radical (unpaired) electrons. The Morgan fingerprint density at radius 3 is 2.25 bits per heavy atom. The van der Waals surface area contributed by atoms with E-state index in [2.05, 4.69) is 13.0 Å². The van der Waals surface area contributed by atoms with Gasteiger partial charge in [0.05, 0.1) is 6.07 Å². The van der Waals surface area contributed by atoms with Crippen molar-refractivity contribution in [2.45, 2.75) is 51.9 Å². The lowest BCUT2D eigenvalue weighted by Gasteiger charge is -2.27. The van der Waals surface area contributed by atoms with Crippen LogP contribution in [0, 0.1) is 23.2 Å². The van der Waals surface area contributed by atoms with Crippen LogP contribution in [0.5, 0.6) is 0 Å². The van der Waals surface area contributed by atoms with Crippen molar-refractivity contribution in [2.24, 2.45) is 11.8 Å². The summed E-state index contributed by atoms with van der Waals surface area (Å²) in [5.41, 5.74) is 0. The first-order valence-electron chi connectivity index (χ1n) is 5.23. The second-order valence-electron chi connectivity index (χ2n) is 3.99. The standard InChI is InChI=1S/C11H19N/c1-2-10-5-7-11(8-6-10)4-3-9-12/h10-11H,2-8H2,1H3. The van der Waals surface area contributed by atoms with Crippen molar-refractivity contribution >= 4 is 0 Å². The van der Waals surface area contributed by atoms with E-state index in [0.717, 1.165) is 24.7 Å². The van der Waals surface area contributed by atoms with Gasteiger partial charge in [0.25, 0.3) is 0 Å². The van der Waals surface area contributed by atoms with E-state index >= 15 is 0 Å². The van der Waals surface area contributed by atoms with Gasteiger partial charge in [0.15, 0.2) is 0 Å². The van der Waals surface area contributed by atoms with Gasteiger partial charge in [0.2, 0.25) is 0 Å². The van der Waals surface area contributed by atoms with Gasteiger partial charge in [-0.1, -0.05) is 39.0 Å². The van der Waals surface area contributed by atoms with Gasteiger partial charge in [-0.3, -0.25) is 0 Å². The predicted octanol–water partition coefficient (Wildman–Crippen LogP) is 3.51. The molecule has 1 fully saturated rings. The molecule has 0 aromatic rings. The van der Waals surface area contributed by atoms with Crippen LogP contribution >= 0.6 is 0 Å². The normalized spacial score (nSPS) is 29.7. The molecule has 12 heavy (non-hydrogen) atoms. The van der Waals surface area contributed by atoms with E-state index < -0.39 is 0 Å². The third kappa shape index (κ3) is 2.85. The molecule has 0 aliphatic heterocycles. The van der Waals surface area contributed by atoms with Gasteiger partial charge in [-0.05, 0) is 18.3 Å². The minimum Gasteiger partial charge on any atom is -0.198 e. The Morgan fingerprint density at radius 1 is 1.17 bits per heavy atom. The molecule has 0 amide bonds. The highest BCUT2D eigenvalue weighted by molar-refractivity contribution is 4.76. The average Bonchev–Trinajstić information content (AvgIpc) is 2.15. The van der Waals surface area contributed by atoms with E-state index in [4.69, 9.17) is 5.26 Å². The van der Waals surface area contributed by atoms with Gasteiger partial charge in [-0.2, -0.15) is 5.26 Å². The fourth-order valence-corrected chi connectivity index (χ4v) is 2.20. The van der Waals surface area contributed by atoms with Crippen molar-refractivity contribution in [3.05, 3.63) is 0 Å². The molecular weight excluding hydrogens is 146 g/mol. The molecule has 1 aliphatic rings. The summed E-state index contributed by atoms with van der Waals surface area (Å²) in [5, 5.41) is 8.45. The number of rotatable bonds is 3. The third-order valence-corrected chi connectivity index (χ3v) is 3.21. The van der Waals surface area contributed by atoms with Crippen LogP contribution in [0.3, 0.4) is 0 Å². The summed E-state index contributed by atoms with van der Waals surface area (Å²) in [6.45, 7) is 2.29. The van der Waals surface area contributed by atoms with Gasteiger partial charge in [-0.25, -0.2) is 0 Å². The van der Waals surface area contributed by atoms with Crippen LogP contribution in [0.2, 0.25) is 0 Å². The molecule has 0 bridgehead atoms. The monoisotopic (exact) mass is 165 g/mol. The van der Waals surface area contributed by atoms with Crippen molar-refractivity contribution in [3.63, 3.8) is 0 Å². The number of hydrogen-bond donors (Lipinski definition) is 0. The van der Waals surface area contributed by atoms with Crippen molar-refractivity contribution in [2.75, 3.05) is 0 Å².